The van der Waals surface area contributed by atoms with Gasteiger partial charge >= 0.3 is 0 Å². The van der Waals surface area contributed by atoms with E-state index in [1.165, 1.54) is 23.9 Å². The molecule has 0 aliphatic heterocycles. The Hall–Kier alpha value is -2.94. The van der Waals surface area contributed by atoms with E-state index in [-0.39, 0.29) is 17.8 Å². The monoisotopic (exact) mass is 415 g/mol. The molecule has 1 heterocycles. The molecule has 0 bridgehead atoms. The van der Waals surface area contributed by atoms with Crippen LogP contribution in [-0.4, -0.2) is 38.5 Å². The molecule has 2 aromatic carbocycles. The zero-order valence-corrected chi connectivity index (χ0v) is 17.4. The molecule has 152 valence electrons. The number of thioether (sulfide) groups is 1. The zero-order valence-electron chi connectivity index (χ0n) is 16.6. The second-order valence-electron chi connectivity index (χ2n) is 6.59. The van der Waals surface area contributed by atoms with E-state index in [2.05, 4.69) is 20.8 Å². The SMILES string of the molecule is COc1ccc(C)cc1-n1nnnc1S[C@H](C)C(=O)N[C@@H](C)c1ccc(F)cc1. The highest BCUT2D eigenvalue weighted by Crippen LogP contribution is 2.29. The predicted molar refractivity (Wildman–Crippen MR) is 109 cm³/mol. The van der Waals surface area contributed by atoms with E-state index >= 15 is 0 Å². The third kappa shape index (κ3) is 4.92. The Kier molecular flexibility index (Phi) is 6.48. The van der Waals surface area contributed by atoms with Gasteiger partial charge in [-0.05, 0) is 66.6 Å². The van der Waals surface area contributed by atoms with E-state index in [0.717, 1.165) is 11.1 Å². The van der Waals surface area contributed by atoms with Crippen molar-refractivity contribution in [3.05, 3.63) is 59.4 Å². The van der Waals surface area contributed by atoms with Crippen molar-refractivity contribution in [3.63, 3.8) is 0 Å². The minimum absolute atomic E-state index is 0.169. The predicted octanol–water partition coefficient (Wildman–Crippen LogP) is 3.48. The molecule has 3 aromatic rings. The van der Waals surface area contributed by atoms with E-state index in [4.69, 9.17) is 4.74 Å². The summed E-state index contributed by atoms with van der Waals surface area (Å²) in [6, 6.07) is 11.5. The van der Waals surface area contributed by atoms with Crippen molar-refractivity contribution in [1.82, 2.24) is 25.5 Å². The average molecular weight is 415 g/mol. The summed E-state index contributed by atoms with van der Waals surface area (Å²) in [5.74, 6) is 0.152. The van der Waals surface area contributed by atoms with E-state index in [1.807, 2.05) is 32.0 Å². The highest BCUT2D eigenvalue weighted by molar-refractivity contribution is 8.00. The molecule has 2 atom stereocenters. The van der Waals surface area contributed by atoms with Gasteiger partial charge in [-0.3, -0.25) is 4.79 Å². The van der Waals surface area contributed by atoms with E-state index < -0.39 is 5.25 Å². The molecule has 0 radical (unpaired) electrons. The number of rotatable bonds is 7. The van der Waals surface area contributed by atoms with Gasteiger partial charge in [-0.25, -0.2) is 4.39 Å². The first-order valence-corrected chi connectivity index (χ1v) is 9.93. The highest BCUT2D eigenvalue weighted by Gasteiger charge is 2.22. The summed E-state index contributed by atoms with van der Waals surface area (Å²) in [6.45, 7) is 5.60. The Morgan fingerprint density at radius 3 is 2.62 bits per heavy atom. The maximum Gasteiger partial charge on any atom is 0.233 e. The number of amides is 1. The van der Waals surface area contributed by atoms with Crippen LogP contribution in [0.2, 0.25) is 0 Å². The van der Waals surface area contributed by atoms with Gasteiger partial charge in [0.25, 0.3) is 0 Å². The molecule has 0 unspecified atom stereocenters. The number of tetrazole rings is 1. The summed E-state index contributed by atoms with van der Waals surface area (Å²) in [7, 11) is 1.58. The molecule has 0 spiro atoms. The Bertz CT molecular complexity index is 993. The minimum Gasteiger partial charge on any atom is -0.494 e. The van der Waals surface area contributed by atoms with Crippen LogP contribution < -0.4 is 10.1 Å². The molecule has 7 nitrogen and oxygen atoms in total. The van der Waals surface area contributed by atoms with Crippen LogP contribution in [0.15, 0.2) is 47.6 Å². The molecule has 9 heteroatoms. The van der Waals surface area contributed by atoms with Gasteiger partial charge < -0.3 is 10.1 Å². The van der Waals surface area contributed by atoms with Crippen LogP contribution >= 0.6 is 11.8 Å². The third-order valence-electron chi connectivity index (χ3n) is 4.38. The zero-order chi connectivity index (χ0) is 21.0. The lowest BCUT2D eigenvalue weighted by atomic mass is 10.1. The molecular formula is C20H22FN5O2S. The van der Waals surface area contributed by atoms with Crippen LogP contribution in [0, 0.1) is 12.7 Å². The van der Waals surface area contributed by atoms with Crippen LogP contribution in [0.4, 0.5) is 4.39 Å². The van der Waals surface area contributed by atoms with Crippen LogP contribution in [0.5, 0.6) is 5.75 Å². The number of aryl methyl sites for hydroxylation is 1. The fraction of sp³-hybridized carbons (Fsp3) is 0.300. The Balaban J connectivity index is 1.72. The number of methoxy groups -OCH3 is 1. The molecule has 1 aromatic heterocycles. The number of carbonyl (C=O) groups excluding carboxylic acids is 1. The number of halogens is 1. The Morgan fingerprint density at radius 2 is 1.93 bits per heavy atom. The summed E-state index contributed by atoms with van der Waals surface area (Å²) < 4.78 is 20.1. The molecule has 0 saturated carbocycles. The van der Waals surface area contributed by atoms with Crippen LogP contribution in [0.25, 0.3) is 5.69 Å². The number of nitrogens with zero attached hydrogens (tertiary/aromatic N) is 4. The van der Waals surface area contributed by atoms with Crippen molar-refractivity contribution < 1.29 is 13.9 Å². The molecule has 1 N–H and O–H groups in total. The smallest absolute Gasteiger partial charge is 0.233 e. The Labute approximate surface area is 172 Å². The van der Waals surface area contributed by atoms with E-state index in [0.29, 0.717) is 16.6 Å². The van der Waals surface area contributed by atoms with Gasteiger partial charge in [0.15, 0.2) is 0 Å². The fourth-order valence-corrected chi connectivity index (χ4v) is 3.56. The van der Waals surface area contributed by atoms with Gasteiger partial charge in [0.05, 0.1) is 18.4 Å². The number of nitrogens with one attached hydrogen (secondary N) is 1. The van der Waals surface area contributed by atoms with Crippen LogP contribution in [0.1, 0.15) is 31.0 Å². The van der Waals surface area contributed by atoms with Crippen molar-refractivity contribution in [2.24, 2.45) is 0 Å². The van der Waals surface area contributed by atoms with Gasteiger partial charge in [-0.1, -0.05) is 30.0 Å². The summed E-state index contributed by atoms with van der Waals surface area (Å²) in [6.07, 6.45) is 0. The largest absolute Gasteiger partial charge is 0.494 e. The highest BCUT2D eigenvalue weighted by atomic mass is 32.2. The van der Waals surface area contributed by atoms with E-state index in [1.54, 1.807) is 30.8 Å². The normalized spacial score (nSPS) is 13.0. The quantitative estimate of drug-likeness (QED) is 0.595. The van der Waals surface area contributed by atoms with Gasteiger partial charge in [0.2, 0.25) is 11.1 Å². The molecular weight excluding hydrogens is 393 g/mol. The molecule has 0 saturated heterocycles. The second kappa shape index (κ2) is 9.04. The van der Waals surface area contributed by atoms with Crippen molar-refractivity contribution in [2.45, 2.75) is 37.2 Å². The summed E-state index contributed by atoms with van der Waals surface area (Å²) >= 11 is 1.24. The number of carbonyl (C=O) groups is 1. The summed E-state index contributed by atoms with van der Waals surface area (Å²) in [5, 5.41) is 14.8. The first-order chi connectivity index (χ1) is 13.9. The maximum absolute atomic E-state index is 13.1. The van der Waals surface area contributed by atoms with Gasteiger partial charge in [-0.15, -0.1) is 5.10 Å². The minimum atomic E-state index is -0.446. The van der Waals surface area contributed by atoms with Gasteiger partial charge in [0.1, 0.15) is 17.3 Å². The van der Waals surface area contributed by atoms with Crippen molar-refractivity contribution >= 4 is 17.7 Å². The molecule has 0 aliphatic carbocycles. The number of hydrogen-bond donors (Lipinski definition) is 1. The van der Waals surface area contributed by atoms with Crippen molar-refractivity contribution in [2.75, 3.05) is 7.11 Å². The fourth-order valence-electron chi connectivity index (χ4n) is 2.75. The topological polar surface area (TPSA) is 81.9 Å². The number of aromatic nitrogens is 4. The molecule has 3 rings (SSSR count). The lowest BCUT2D eigenvalue weighted by Gasteiger charge is -2.17. The standard InChI is InChI=1S/C20H22FN5O2S/c1-12-5-10-18(28-4)17(11-12)26-20(23-24-25-26)29-14(3)19(27)22-13(2)15-6-8-16(21)9-7-15/h5-11,13-14H,1-4H3,(H,22,27)/t13-,14+/m0/s1. The summed E-state index contributed by atoms with van der Waals surface area (Å²) in [4.78, 5) is 12.6. The number of ether oxygens (including phenoxy) is 1. The van der Waals surface area contributed by atoms with Gasteiger partial charge in [0, 0.05) is 0 Å². The van der Waals surface area contributed by atoms with Crippen molar-refractivity contribution in [1.29, 1.82) is 0 Å². The first-order valence-electron chi connectivity index (χ1n) is 9.05. The third-order valence-corrected chi connectivity index (χ3v) is 5.42. The molecule has 0 aliphatic rings. The van der Waals surface area contributed by atoms with Crippen LogP contribution in [0.3, 0.4) is 0 Å². The first kappa shape index (κ1) is 20.8. The molecule has 29 heavy (non-hydrogen) atoms. The average Bonchev–Trinajstić information content (AvgIpc) is 3.16. The van der Waals surface area contributed by atoms with Gasteiger partial charge in [-0.2, -0.15) is 4.68 Å². The second-order valence-corrected chi connectivity index (χ2v) is 7.90. The Morgan fingerprint density at radius 1 is 1.21 bits per heavy atom. The summed E-state index contributed by atoms with van der Waals surface area (Å²) in [5.41, 5.74) is 2.56. The molecule has 1 amide bonds. The molecule has 0 fully saturated rings. The van der Waals surface area contributed by atoms with Crippen LogP contribution in [-0.2, 0) is 4.79 Å². The van der Waals surface area contributed by atoms with Crippen molar-refractivity contribution in [3.8, 4) is 11.4 Å². The van der Waals surface area contributed by atoms with E-state index in [9.17, 15) is 9.18 Å². The number of benzene rings is 2. The lowest BCUT2D eigenvalue weighted by molar-refractivity contribution is -0.120. The maximum atomic E-state index is 13.1. The lowest BCUT2D eigenvalue weighted by Crippen LogP contribution is -2.33. The number of hydrogen-bond acceptors (Lipinski definition) is 6.